The van der Waals surface area contributed by atoms with Crippen LogP contribution < -0.4 is 10.5 Å². The van der Waals surface area contributed by atoms with Crippen molar-refractivity contribution in [2.75, 3.05) is 0 Å². The van der Waals surface area contributed by atoms with E-state index in [2.05, 4.69) is 21.7 Å². The minimum atomic E-state index is 0.194. The first-order valence-electron chi connectivity index (χ1n) is 7.83. The number of hydrogen-bond acceptors (Lipinski definition) is 3. The van der Waals surface area contributed by atoms with Crippen molar-refractivity contribution in [1.82, 2.24) is 9.55 Å². The van der Waals surface area contributed by atoms with E-state index in [9.17, 15) is 0 Å². The number of ether oxygens (including phenoxy) is 1. The Morgan fingerprint density at radius 3 is 3.05 bits per heavy atom. The zero-order chi connectivity index (χ0) is 14.2. The van der Waals surface area contributed by atoms with Gasteiger partial charge in [-0.15, -0.1) is 0 Å². The lowest BCUT2D eigenvalue weighted by molar-refractivity contribution is 0.294. The molecule has 0 amide bonds. The summed E-state index contributed by atoms with van der Waals surface area (Å²) in [5, 5.41) is 0. The standard InChI is InChI=1S/C17H21N3O/c18-17-3-1-2-12-8-15(6-7-16(12)17)21-10-14-9-19-11-20(14)13-4-5-13/h6-9,11,13,17H,1-5,10,18H2. The molecule has 110 valence electrons. The van der Waals surface area contributed by atoms with Crippen LogP contribution >= 0.6 is 0 Å². The van der Waals surface area contributed by atoms with E-state index in [1.54, 1.807) is 0 Å². The molecule has 1 saturated carbocycles. The second-order valence-corrected chi connectivity index (χ2v) is 6.17. The highest BCUT2D eigenvalue weighted by Crippen LogP contribution is 2.36. The molecule has 4 rings (SSSR count). The van der Waals surface area contributed by atoms with Gasteiger partial charge >= 0.3 is 0 Å². The number of hydrogen-bond donors (Lipinski definition) is 1. The lowest BCUT2D eigenvalue weighted by Gasteiger charge is -2.22. The van der Waals surface area contributed by atoms with Gasteiger partial charge in [-0.3, -0.25) is 0 Å². The number of nitrogens with two attached hydrogens (primary N) is 1. The van der Waals surface area contributed by atoms with Gasteiger partial charge in [-0.25, -0.2) is 4.98 Å². The molecule has 1 fully saturated rings. The van der Waals surface area contributed by atoms with E-state index >= 15 is 0 Å². The molecular weight excluding hydrogens is 262 g/mol. The Bertz CT molecular complexity index is 645. The van der Waals surface area contributed by atoms with E-state index in [1.165, 1.54) is 30.4 Å². The fourth-order valence-electron chi connectivity index (χ4n) is 3.20. The molecule has 2 aliphatic carbocycles. The van der Waals surface area contributed by atoms with Gasteiger partial charge in [0.05, 0.1) is 18.2 Å². The Labute approximate surface area is 124 Å². The van der Waals surface area contributed by atoms with Gasteiger partial charge in [0.2, 0.25) is 0 Å². The predicted octanol–water partition coefficient (Wildman–Crippen LogP) is 3.13. The number of aryl methyl sites for hydroxylation is 1. The van der Waals surface area contributed by atoms with Crippen LogP contribution in [0.3, 0.4) is 0 Å². The highest BCUT2D eigenvalue weighted by Gasteiger charge is 2.25. The highest BCUT2D eigenvalue weighted by atomic mass is 16.5. The Balaban J connectivity index is 1.48. The number of rotatable bonds is 4. The van der Waals surface area contributed by atoms with Crippen molar-refractivity contribution < 1.29 is 4.74 Å². The summed E-state index contributed by atoms with van der Waals surface area (Å²) in [6.45, 7) is 0.585. The topological polar surface area (TPSA) is 53.1 Å². The van der Waals surface area contributed by atoms with Crippen molar-refractivity contribution in [2.24, 2.45) is 5.73 Å². The number of benzene rings is 1. The minimum Gasteiger partial charge on any atom is -0.487 e. The molecule has 1 atom stereocenters. The zero-order valence-electron chi connectivity index (χ0n) is 12.2. The molecule has 0 spiro atoms. The molecule has 0 bridgehead atoms. The lowest BCUT2D eigenvalue weighted by Crippen LogP contribution is -2.17. The Hall–Kier alpha value is -1.81. The number of fused-ring (bicyclic) bond motifs is 1. The maximum Gasteiger partial charge on any atom is 0.130 e. The van der Waals surface area contributed by atoms with E-state index in [0.717, 1.165) is 24.3 Å². The molecule has 21 heavy (non-hydrogen) atoms. The summed E-state index contributed by atoms with van der Waals surface area (Å²) < 4.78 is 8.21. The molecule has 0 aliphatic heterocycles. The van der Waals surface area contributed by atoms with Crippen LogP contribution in [-0.2, 0) is 13.0 Å². The monoisotopic (exact) mass is 283 g/mol. The maximum atomic E-state index is 6.16. The van der Waals surface area contributed by atoms with Gasteiger partial charge in [-0.2, -0.15) is 0 Å². The second kappa shape index (κ2) is 5.19. The molecule has 4 heteroatoms. The summed E-state index contributed by atoms with van der Waals surface area (Å²) >= 11 is 0. The second-order valence-electron chi connectivity index (χ2n) is 6.17. The molecule has 2 aliphatic rings. The first-order valence-corrected chi connectivity index (χ1v) is 7.83. The fraction of sp³-hybridized carbons (Fsp3) is 0.471. The molecule has 1 aromatic heterocycles. The molecule has 0 radical (unpaired) electrons. The number of nitrogens with zero attached hydrogens (tertiary/aromatic N) is 2. The third-order valence-electron chi connectivity index (χ3n) is 4.55. The van der Waals surface area contributed by atoms with Crippen LogP contribution in [0.25, 0.3) is 0 Å². The molecule has 2 aromatic rings. The van der Waals surface area contributed by atoms with E-state index in [1.807, 2.05) is 18.6 Å². The van der Waals surface area contributed by atoms with E-state index in [4.69, 9.17) is 10.5 Å². The molecule has 4 nitrogen and oxygen atoms in total. The fourth-order valence-corrected chi connectivity index (χ4v) is 3.20. The Morgan fingerprint density at radius 2 is 2.19 bits per heavy atom. The zero-order valence-corrected chi connectivity index (χ0v) is 12.2. The van der Waals surface area contributed by atoms with Crippen LogP contribution in [0.15, 0.2) is 30.7 Å². The van der Waals surface area contributed by atoms with Crippen molar-refractivity contribution in [3.63, 3.8) is 0 Å². The largest absolute Gasteiger partial charge is 0.487 e. The summed E-state index contributed by atoms with van der Waals surface area (Å²) in [4.78, 5) is 4.24. The smallest absolute Gasteiger partial charge is 0.130 e. The molecule has 0 saturated heterocycles. The molecule has 1 heterocycles. The van der Waals surface area contributed by atoms with Crippen molar-refractivity contribution in [2.45, 2.75) is 50.8 Å². The van der Waals surface area contributed by atoms with Crippen LogP contribution in [0.5, 0.6) is 5.75 Å². The molecule has 2 N–H and O–H groups in total. The molecule has 1 aromatic carbocycles. The first-order chi connectivity index (χ1) is 10.3. The Morgan fingerprint density at radius 1 is 1.29 bits per heavy atom. The molecule has 1 unspecified atom stereocenters. The van der Waals surface area contributed by atoms with Crippen LogP contribution in [0, 0.1) is 0 Å². The third-order valence-corrected chi connectivity index (χ3v) is 4.55. The van der Waals surface area contributed by atoms with Gasteiger partial charge in [-0.1, -0.05) is 6.07 Å². The van der Waals surface area contributed by atoms with Gasteiger partial charge in [0.1, 0.15) is 12.4 Å². The highest BCUT2D eigenvalue weighted by molar-refractivity contribution is 5.39. The van der Waals surface area contributed by atoms with E-state index < -0.39 is 0 Å². The van der Waals surface area contributed by atoms with Crippen molar-refractivity contribution in [1.29, 1.82) is 0 Å². The maximum absolute atomic E-state index is 6.16. The van der Waals surface area contributed by atoms with Gasteiger partial charge in [0.25, 0.3) is 0 Å². The van der Waals surface area contributed by atoms with Crippen LogP contribution in [0.1, 0.15) is 54.6 Å². The summed E-state index contributed by atoms with van der Waals surface area (Å²) in [5.41, 5.74) is 9.95. The van der Waals surface area contributed by atoms with Crippen LogP contribution in [-0.4, -0.2) is 9.55 Å². The van der Waals surface area contributed by atoms with E-state index in [0.29, 0.717) is 12.6 Å². The first kappa shape index (κ1) is 12.9. The van der Waals surface area contributed by atoms with Crippen molar-refractivity contribution in [3.8, 4) is 5.75 Å². The number of aromatic nitrogens is 2. The summed E-state index contributed by atoms with van der Waals surface area (Å²) in [6.07, 6.45) is 9.73. The van der Waals surface area contributed by atoms with Gasteiger partial charge in [-0.05, 0) is 55.4 Å². The minimum absolute atomic E-state index is 0.194. The molecular formula is C17H21N3O. The quantitative estimate of drug-likeness (QED) is 0.938. The SMILES string of the molecule is NC1CCCc2cc(OCc3cncn3C3CC3)ccc21. The predicted molar refractivity (Wildman–Crippen MR) is 81.1 cm³/mol. The lowest BCUT2D eigenvalue weighted by atomic mass is 9.88. The van der Waals surface area contributed by atoms with Crippen molar-refractivity contribution in [3.05, 3.63) is 47.5 Å². The summed E-state index contributed by atoms with van der Waals surface area (Å²) in [5.74, 6) is 0.936. The summed E-state index contributed by atoms with van der Waals surface area (Å²) in [6, 6.07) is 7.17. The van der Waals surface area contributed by atoms with E-state index in [-0.39, 0.29) is 6.04 Å². The number of imidazole rings is 1. The normalized spacial score (nSPS) is 21.1. The average molecular weight is 283 g/mol. The van der Waals surface area contributed by atoms with Crippen LogP contribution in [0.4, 0.5) is 0 Å². The third kappa shape index (κ3) is 2.56. The van der Waals surface area contributed by atoms with Gasteiger partial charge in [0.15, 0.2) is 0 Å². The summed E-state index contributed by atoms with van der Waals surface area (Å²) in [7, 11) is 0. The van der Waals surface area contributed by atoms with Crippen molar-refractivity contribution >= 4 is 0 Å². The van der Waals surface area contributed by atoms with Gasteiger partial charge in [0, 0.05) is 12.1 Å². The van der Waals surface area contributed by atoms with Crippen LogP contribution in [0.2, 0.25) is 0 Å². The Kier molecular flexibility index (Phi) is 3.19. The van der Waals surface area contributed by atoms with Gasteiger partial charge < -0.3 is 15.0 Å². The average Bonchev–Trinajstić information content (AvgIpc) is 3.24.